The summed E-state index contributed by atoms with van der Waals surface area (Å²) in [4.78, 5) is 16.2. The molecule has 0 unspecified atom stereocenters. The molecule has 1 aromatic heterocycles. The van der Waals surface area contributed by atoms with E-state index in [0.717, 1.165) is 16.8 Å². The third-order valence-electron chi connectivity index (χ3n) is 2.91. The quantitative estimate of drug-likeness (QED) is 0.886. The highest BCUT2D eigenvalue weighted by Gasteiger charge is 2.08. The van der Waals surface area contributed by atoms with Crippen LogP contribution >= 0.6 is 0 Å². The maximum atomic E-state index is 12.1. The number of hydrogen-bond acceptors (Lipinski definition) is 3. The van der Waals surface area contributed by atoms with Crippen molar-refractivity contribution in [2.24, 2.45) is 0 Å². The van der Waals surface area contributed by atoms with Gasteiger partial charge in [-0.3, -0.25) is 4.79 Å². The van der Waals surface area contributed by atoms with E-state index in [1.165, 1.54) is 0 Å². The van der Waals surface area contributed by atoms with Crippen LogP contribution in [0.1, 0.15) is 21.5 Å². The van der Waals surface area contributed by atoms with E-state index in [9.17, 15) is 4.79 Å². The number of amides is 1. The molecule has 0 fully saturated rings. The first-order valence-electron chi connectivity index (χ1n) is 6.12. The number of anilines is 2. The Morgan fingerprint density at radius 3 is 2.53 bits per heavy atom. The first kappa shape index (κ1) is 13.1. The number of hydrogen-bond donors (Lipinski definition) is 2. The molecule has 0 aliphatic rings. The molecule has 19 heavy (non-hydrogen) atoms. The van der Waals surface area contributed by atoms with Gasteiger partial charge in [-0.25, -0.2) is 4.98 Å². The number of rotatable bonds is 3. The van der Waals surface area contributed by atoms with Crippen molar-refractivity contribution in [1.82, 2.24) is 4.98 Å². The van der Waals surface area contributed by atoms with E-state index < -0.39 is 0 Å². The lowest BCUT2D eigenvalue weighted by molar-refractivity contribution is 0.102. The van der Waals surface area contributed by atoms with Gasteiger partial charge in [-0.1, -0.05) is 6.07 Å². The number of nitrogens with zero attached hydrogens (tertiary/aromatic N) is 1. The van der Waals surface area contributed by atoms with Gasteiger partial charge in [-0.05, 0) is 49.2 Å². The highest BCUT2D eigenvalue weighted by Crippen LogP contribution is 2.16. The smallest absolute Gasteiger partial charge is 0.256 e. The molecule has 0 saturated heterocycles. The van der Waals surface area contributed by atoms with Crippen molar-refractivity contribution in [1.29, 1.82) is 0 Å². The molecule has 0 aliphatic heterocycles. The van der Waals surface area contributed by atoms with Gasteiger partial charge in [0.1, 0.15) is 5.82 Å². The Balaban J connectivity index is 2.16. The van der Waals surface area contributed by atoms with Crippen molar-refractivity contribution < 1.29 is 4.79 Å². The fourth-order valence-corrected chi connectivity index (χ4v) is 1.82. The summed E-state index contributed by atoms with van der Waals surface area (Å²) in [5, 5.41) is 5.85. The monoisotopic (exact) mass is 255 g/mol. The van der Waals surface area contributed by atoms with Crippen LogP contribution in [0.15, 0.2) is 36.5 Å². The number of benzene rings is 1. The third kappa shape index (κ3) is 3.10. The normalized spacial score (nSPS) is 10.1. The van der Waals surface area contributed by atoms with Gasteiger partial charge in [0, 0.05) is 24.5 Å². The number of carbonyl (C=O) groups is 1. The highest BCUT2D eigenvalue weighted by atomic mass is 16.1. The van der Waals surface area contributed by atoms with Crippen LogP contribution in [0.4, 0.5) is 11.5 Å². The van der Waals surface area contributed by atoms with Crippen LogP contribution in [0.25, 0.3) is 0 Å². The Morgan fingerprint density at radius 2 is 1.95 bits per heavy atom. The zero-order valence-electron chi connectivity index (χ0n) is 11.3. The van der Waals surface area contributed by atoms with Gasteiger partial charge in [-0.2, -0.15) is 0 Å². The summed E-state index contributed by atoms with van der Waals surface area (Å²) in [7, 11) is 1.86. The maximum Gasteiger partial charge on any atom is 0.256 e. The van der Waals surface area contributed by atoms with Crippen molar-refractivity contribution in [3.63, 3.8) is 0 Å². The van der Waals surface area contributed by atoms with E-state index >= 15 is 0 Å². The molecule has 2 rings (SSSR count). The molecule has 0 atom stereocenters. The average Bonchev–Trinajstić information content (AvgIpc) is 2.41. The molecule has 4 nitrogen and oxygen atoms in total. The summed E-state index contributed by atoms with van der Waals surface area (Å²) < 4.78 is 0. The van der Waals surface area contributed by atoms with E-state index in [4.69, 9.17) is 0 Å². The number of aromatic nitrogens is 1. The van der Waals surface area contributed by atoms with Crippen molar-refractivity contribution in [3.8, 4) is 0 Å². The summed E-state index contributed by atoms with van der Waals surface area (Å²) in [5.74, 6) is 0.410. The topological polar surface area (TPSA) is 54.0 Å². The molecule has 98 valence electrons. The molecule has 1 amide bonds. The third-order valence-corrected chi connectivity index (χ3v) is 2.91. The summed E-state index contributed by atoms with van der Waals surface area (Å²) in [6.07, 6.45) is 1.73. The molecule has 1 heterocycles. The van der Waals surface area contributed by atoms with Gasteiger partial charge in [0.05, 0.1) is 0 Å². The minimum atomic E-state index is -0.151. The van der Waals surface area contributed by atoms with Crippen LogP contribution in [-0.2, 0) is 0 Å². The Labute approximate surface area is 112 Å². The van der Waals surface area contributed by atoms with Crippen LogP contribution in [0, 0.1) is 13.8 Å². The van der Waals surface area contributed by atoms with Crippen LogP contribution in [0.2, 0.25) is 0 Å². The van der Waals surface area contributed by atoms with E-state index in [-0.39, 0.29) is 5.91 Å². The van der Waals surface area contributed by atoms with Gasteiger partial charge >= 0.3 is 0 Å². The van der Waals surface area contributed by atoms with Gasteiger partial charge in [0.2, 0.25) is 0 Å². The molecule has 0 spiro atoms. The molecule has 0 bridgehead atoms. The number of pyridine rings is 1. The van der Waals surface area contributed by atoms with Gasteiger partial charge in [-0.15, -0.1) is 0 Å². The minimum Gasteiger partial charge on any atom is -0.388 e. The van der Waals surface area contributed by atoms with Gasteiger partial charge in [0.15, 0.2) is 0 Å². The molecular weight excluding hydrogens is 238 g/mol. The first-order valence-corrected chi connectivity index (χ1v) is 6.12. The Kier molecular flexibility index (Phi) is 3.80. The van der Waals surface area contributed by atoms with Crippen molar-refractivity contribution >= 4 is 17.4 Å². The summed E-state index contributed by atoms with van der Waals surface area (Å²) in [5.41, 5.74) is 3.74. The van der Waals surface area contributed by atoms with E-state index in [1.54, 1.807) is 18.3 Å². The predicted octanol–water partition coefficient (Wildman–Crippen LogP) is 2.99. The second-order valence-electron chi connectivity index (χ2n) is 4.45. The Hall–Kier alpha value is -2.36. The summed E-state index contributed by atoms with van der Waals surface area (Å²) in [6.45, 7) is 3.92. The van der Waals surface area contributed by atoms with E-state index in [1.807, 2.05) is 39.1 Å². The maximum absolute atomic E-state index is 12.1. The van der Waals surface area contributed by atoms with Crippen LogP contribution in [0.5, 0.6) is 0 Å². The fraction of sp³-hybridized carbons (Fsp3) is 0.200. The summed E-state index contributed by atoms with van der Waals surface area (Å²) in [6, 6.07) is 9.25. The van der Waals surface area contributed by atoms with Gasteiger partial charge < -0.3 is 10.6 Å². The number of carbonyl (C=O) groups excluding carboxylic acids is 1. The van der Waals surface area contributed by atoms with Crippen molar-refractivity contribution in [2.45, 2.75) is 13.8 Å². The second-order valence-corrected chi connectivity index (χ2v) is 4.45. The number of nitrogens with one attached hydrogen (secondary N) is 2. The Bertz CT molecular complexity index is 591. The number of aryl methyl sites for hydroxylation is 2. The van der Waals surface area contributed by atoms with Crippen molar-refractivity contribution in [3.05, 3.63) is 53.2 Å². The molecular formula is C15H17N3O. The van der Waals surface area contributed by atoms with E-state index in [2.05, 4.69) is 15.6 Å². The zero-order chi connectivity index (χ0) is 13.8. The molecule has 4 heteroatoms. The SMILES string of the molecule is CNc1ccc(C(=O)Nc2ccc(C)cn2)cc1C. The minimum absolute atomic E-state index is 0.151. The zero-order valence-corrected chi connectivity index (χ0v) is 11.3. The van der Waals surface area contributed by atoms with Crippen LogP contribution in [-0.4, -0.2) is 17.9 Å². The fourth-order valence-electron chi connectivity index (χ4n) is 1.82. The first-order chi connectivity index (χ1) is 9.10. The molecule has 2 aromatic rings. The predicted molar refractivity (Wildman–Crippen MR) is 77.7 cm³/mol. The molecule has 1 aromatic carbocycles. The average molecular weight is 255 g/mol. The standard InChI is InChI=1S/C15H17N3O/c1-10-4-7-14(17-9-10)18-15(19)12-5-6-13(16-3)11(2)8-12/h4-9,16H,1-3H3,(H,17,18,19). The highest BCUT2D eigenvalue weighted by molar-refractivity contribution is 6.04. The molecule has 0 saturated carbocycles. The second kappa shape index (κ2) is 5.52. The molecule has 2 N–H and O–H groups in total. The molecule has 0 radical (unpaired) electrons. The van der Waals surface area contributed by atoms with Crippen molar-refractivity contribution in [2.75, 3.05) is 17.7 Å². The molecule has 0 aliphatic carbocycles. The van der Waals surface area contributed by atoms with E-state index in [0.29, 0.717) is 11.4 Å². The Morgan fingerprint density at radius 1 is 1.16 bits per heavy atom. The van der Waals surface area contributed by atoms with Crippen LogP contribution in [0.3, 0.4) is 0 Å². The lowest BCUT2D eigenvalue weighted by Gasteiger charge is -2.08. The lowest BCUT2D eigenvalue weighted by Crippen LogP contribution is -2.13. The lowest BCUT2D eigenvalue weighted by atomic mass is 10.1. The van der Waals surface area contributed by atoms with Gasteiger partial charge in [0.25, 0.3) is 5.91 Å². The van der Waals surface area contributed by atoms with Crippen LogP contribution < -0.4 is 10.6 Å². The summed E-state index contributed by atoms with van der Waals surface area (Å²) >= 11 is 0. The largest absolute Gasteiger partial charge is 0.388 e.